The van der Waals surface area contributed by atoms with E-state index in [4.69, 9.17) is 14.6 Å². The Morgan fingerprint density at radius 2 is 1.73 bits per heavy atom. The van der Waals surface area contributed by atoms with Gasteiger partial charge in [0.1, 0.15) is 12.2 Å². The topological polar surface area (TPSA) is 89.9 Å². The summed E-state index contributed by atoms with van der Waals surface area (Å²) in [5.41, 5.74) is -0.0429. The van der Waals surface area contributed by atoms with E-state index in [0.717, 1.165) is 5.56 Å². The van der Waals surface area contributed by atoms with Crippen molar-refractivity contribution >= 4 is 17.9 Å². The number of hydrogen-bond acceptors (Lipinski definition) is 5. The molecule has 1 N–H and O–H groups in total. The molecule has 0 heterocycles. The number of carbonyl (C=O) groups excluding carboxylic acids is 2. The predicted octanol–water partition coefficient (Wildman–Crippen LogP) is 2.16. The van der Waals surface area contributed by atoms with Gasteiger partial charge in [-0.1, -0.05) is 30.3 Å². The molecule has 120 valence electrons. The lowest BCUT2D eigenvalue weighted by molar-refractivity contribution is -0.170. The van der Waals surface area contributed by atoms with Crippen molar-refractivity contribution in [2.24, 2.45) is 5.92 Å². The van der Waals surface area contributed by atoms with Gasteiger partial charge in [0.15, 0.2) is 5.92 Å². The summed E-state index contributed by atoms with van der Waals surface area (Å²) in [6, 6.07) is 8.97. The molecule has 0 aromatic heterocycles. The highest BCUT2D eigenvalue weighted by molar-refractivity contribution is 5.97. The average Bonchev–Trinajstić information content (AvgIpc) is 2.41. The zero-order valence-corrected chi connectivity index (χ0v) is 12.9. The third kappa shape index (κ3) is 6.39. The Labute approximate surface area is 129 Å². The van der Waals surface area contributed by atoms with Crippen LogP contribution in [0.25, 0.3) is 0 Å². The van der Waals surface area contributed by atoms with Crippen molar-refractivity contribution in [2.75, 3.05) is 0 Å². The molecule has 0 radical (unpaired) electrons. The Kier molecular flexibility index (Phi) is 6.10. The van der Waals surface area contributed by atoms with Crippen molar-refractivity contribution in [1.82, 2.24) is 0 Å². The van der Waals surface area contributed by atoms with Gasteiger partial charge in [0, 0.05) is 0 Å². The van der Waals surface area contributed by atoms with Crippen LogP contribution in [-0.4, -0.2) is 28.6 Å². The molecule has 0 aliphatic rings. The van der Waals surface area contributed by atoms with E-state index in [1.54, 1.807) is 45.0 Å². The van der Waals surface area contributed by atoms with Gasteiger partial charge in [-0.2, -0.15) is 0 Å². The van der Waals surface area contributed by atoms with E-state index in [2.05, 4.69) is 0 Å². The van der Waals surface area contributed by atoms with Crippen LogP contribution in [0.1, 0.15) is 32.8 Å². The van der Waals surface area contributed by atoms with Crippen molar-refractivity contribution in [1.29, 1.82) is 0 Å². The van der Waals surface area contributed by atoms with Crippen LogP contribution in [0.15, 0.2) is 30.3 Å². The van der Waals surface area contributed by atoms with E-state index in [0.29, 0.717) is 0 Å². The first kappa shape index (κ1) is 17.7. The number of aliphatic carboxylic acids is 1. The molecule has 0 fully saturated rings. The number of carbonyl (C=O) groups is 3. The van der Waals surface area contributed by atoms with E-state index in [-0.39, 0.29) is 6.61 Å². The van der Waals surface area contributed by atoms with Gasteiger partial charge in [0.25, 0.3) is 0 Å². The van der Waals surface area contributed by atoms with Crippen molar-refractivity contribution in [3.8, 4) is 0 Å². The number of carboxylic acids is 1. The van der Waals surface area contributed by atoms with Gasteiger partial charge >= 0.3 is 17.9 Å². The first-order chi connectivity index (χ1) is 10.2. The van der Waals surface area contributed by atoms with E-state index < -0.39 is 35.8 Å². The fourth-order valence-electron chi connectivity index (χ4n) is 1.61. The number of rotatable bonds is 6. The molecular formula is C16H20O6. The van der Waals surface area contributed by atoms with Gasteiger partial charge in [-0.15, -0.1) is 0 Å². The van der Waals surface area contributed by atoms with Crippen molar-refractivity contribution in [3.63, 3.8) is 0 Å². The maximum absolute atomic E-state index is 11.8. The minimum atomic E-state index is -1.57. The summed E-state index contributed by atoms with van der Waals surface area (Å²) in [4.78, 5) is 34.6. The Hall–Kier alpha value is -2.37. The molecule has 0 unspecified atom stereocenters. The van der Waals surface area contributed by atoms with E-state index in [9.17, 15) is 14.4 Å². The van der Waals surface area contributed by atoms with Gasteiger partial charge in [-0.3, -0.25) is 14.4 Å². The molecule has 0 saturated heterocycles. The Morgan fingerprint density at radius 3 is 2.23 bits per heavy atom. The Morgan fingerprint density at radius 1 is 1.14 bits per heavy atom. The van der Waals surface area contributed by atoms with Crippen LogP contribution in [-0.2, 0) is 30.5 Å². The second-order valence-electron chi connectivity index (χ2n) is 5.77. The van der Waals surface area contributed by atoms with Crippen LogP contribution in [0.4, 0.5) is 0 Å². The third-order valence-corrected chi connectivity index (χ3v) is 2.60. The summed E-state index contributed by atoms with van der Waals surface area (Å²) >= 11 is 0. The number of ether oxygens (including phenoxy) is 2. The fraction of sp³-hybridized carbons (Fsp3) is 0.438. The van der Waals surface area contributed by atoms with Gasteiger partial charge in [-0.05, 0) is 26.3 Å². The first-order valence-electron chi connectivity index (χ1n) is 6.84. The summed E-state index contributed by atoms with van der Waals surface area (Å²) in [7, 11) is 0. The zero-order valence-electron chi connectivity index (χ0n) is 12.9. The molecule has 1 aromatic carbocycles. The highest BCUT2D eigenvalue weighted by Gasteiger charge is 2.33. The molecule has 6 nitrogen and oxygen atoms in total. The third-order valence-electron chi connectivity index (χ3n) is 2.60. The molecule has 0 aliphatic heterocycles. The molecular weight excluding hydrogens is 288 g/mol. The molecule has 1 aromatic rings. The Bertz CT molecular complexity index is 529. The lowest BCUT2D eigenvalue weighted by Crippen LogP contribution is -2.34. The molecule has 1 atom stereocenters. The van der Waals surface area contributed by atoms with Crippen LogP contribution >= 0.6 is 0 Å². The molecule has 6 heteroatoms. The van der Waals surface area contributed by atoms with Crippen LogP contribution in [0.2, 0.25) is 0 Å². The smallest absolute Gasteiger partial charge is 0.321 e. The standard InChI is InChI=1S/C16H20O6/c1-16(2,3)22-15(20)12(14(18)19)9-13(17)21-10-11-7-5-4-6-8-11/h4-8,12H,9-10H2,1-3H3,(H,18,19)/t12-/m1/s1. The number of benzene rings is 1. The highest BCUT2D eigenvalue weighted by atomic mass is 16.6. The number of carboxylic acid groups (broad SMARTS) is 1. The highest BCUT2D eigenvalue weighted by Crippen LogP contribution is 2.15. The molecule has 0 saturated carbocycles. The van der Waals surface area contributed by atoms with E-state index in [1.165, 1.54) is 0 Å². The minimum Gasteiger partial charge on any atom is -0.481 e. The zero-order chi connectivity index (χ0) is 16.8. The fourth-order valence-corrected chi connectivity index (χ4v) is 1.61. The molecule has 1 rings (SSSR count). The van der Waals surface area contributed by atoms with Crippen LogP contribution in [0.3, 0.4) is 0 Å². The SMILES string of the molecule is CC(C)(C)OC(=O)[C@H](CC(=O)OCc1ccccc1)C(=O)O. The van der Waals surface area contributed by atoms with Crippen LogP contribution < -0.4 is 0 Å². The quantitative estimate of drug-likeness (QED) is 0.640. The normalized spacial score (nSPS) is 12.3. The number of esters is 2. The summed E-state index contributed by atoms with van der Waals surface area (Å²) < 4.78 is 9.98. The summed E-state index contributed by atoms with van der Waals surface area (Å²) in [5.74, 6) is -4.69. The molecule has 22 heavy (non-hydrogen) atoms. The van der Waals surface area contributed by atoms with Crippen molar-refractivity contribution < 1.29 is 29.0 Å². The summed E-state index contributed by atoms with van der Waals surface area (Å²) in [6.07, 6.45) is -0.558. The van der Waals surface area contributed by atoms with Gasteiger partial charge in [0.2, 0.25) is 0 Å². The van der Waals surface area contributed by atoms with Gasteiger partial charge in [0.05, 0.1) is 6.42 Å². The van der Waals surface area contributed by atoms with Crippen LogP contribution in [0, 0.1) is 5.92 Å². The molecule has 0 amide bonds. The number of hydrogen-bond donors (Lipinski definition) is 1. The average molecular weight is 308 g/mol. The van der Waals surface area contributed by atoms with E-state index >= 15 is 0 Å². The lowest BCUT2D eigenvalue weighted by atomic mass is 10.1. The minimum absolute atomic E-state index is 0.0281. The molecule has 0 bridgehead atoms. The largest absolute Gasteiger partial charge is 0.481 e. The predicted molar refractivity (Wildman–Crippen MR) is 77.8 cm³/mol. The Balaban J connectivity index is 2.57. The lowest BCUT2D eigenvalue weighted by Gasteiger charge is -2.21. The van der Waals surface area contributed by atoms with Gasteiger partial charge in [-0.25, -0.2) is 0 Å². The maximum Gasteiger partial charge on any atom is 0.321 e. The van der Waals surface area contributed by atoms with E-state index in [1.807, 2.05) is 6.07 Å². The summed E-state index contributed by atoms with van der Waals surface area (Å²) in [5, 5.41) is 9.07. The van der Waals surface area contributed by atoms with Crippen molar-refractivity contribution in [3.05, 3.63) is 35.9 Å². The first-order valence-corrected chi connectivity index (χ1v) is 6.84. The monoisotopic (exact) mass is 308 g/mol. The maximum atomic E-state index is 11.8. The second kappa shape index (κ2) is 7.59. The second-order valence-corrected chi connectivity index (χ2v) is 5.77. The molecule has 0 aliphatic carbocycles. The van der Waals surface area contributed by atoms with Crippen LogP contribution in [0.5, 0.6) is 0 Å². The molecule has 0 spiro atoms. The summed E-state index contributed by atoms with van der Waals surface area (Å²) in [6.45, 7) is 4.90. The van der Waals surface area contributed by atoms with Gasteiger partial charge < -0.3 is 14.6 Å². The van der Waals surface area contributed by atoms with Crippen molar-refractivity contribution in [2.45, 2.75) is 39.4 Å².